The summed E-state index contributed by atoms with van der Waals surface area (Å²) in [7, 11) is 0. The number of amides is 1. The van der Waals surface area contributed by atoms with Crippen molar-refractivity contribution >= 4 is 6.09 Å². The molecule has 0 aromatic heterocycles. The Morgan fingerprint density at radius 2 is 1.92 bits per heavy atom. The van der Waals surface area contributed by atoms with Gasteiger partial charge in [-0.1, -0.05) is 6.58 Å². The number of hydrogen-bond acceptors (Lipinski definition) is 2. The predicted molar refractivity (Wildman–Crippen MR) is 53.4 cm³/mol. The van der Waals surface area contributed by atoms with Crippen LogP contribution in [0.15, 0.2) is 12.8 Å². The Labute approximate surface area is 80.4 Å². The molecule has 0 spiro atoms. The second-order valence-corrected chi connectivity index (χ2v) is 4.16. The van der Waals surface area contributed by atoms with Gasteiger partial charge in [-0.2, -0.15) is 0 Å². The molecule has 0 aliphatic heterocycles. The fourth-order valence-corrected chi connectivity index (χ4v) is 0.811. The van der Waals surface area contributed by atoms with Gasteiger partial charge in [-0.3, -0.25) is 4.90 Å². The highest BCUT2D eigenvalue weighted by Crippen LogP contribution is 2.11. The third kappa shape index (κ3) is 4.55. The molecule has 1 amide bonds. The molecule has 0 radical (unpaired) electrons. The molecular formula is C10H19NO2. The largest absolute Gasteiger partial charge is 0.443 e. The minimum Gasteiger partial charge on any atom is -0.443 e. The van der Waals surface area contributed by atoms with Gasteiger partial charge in [0.25, 0.3) is 0 Å². The highest BCUT2D eigenvalue weighted by atomic mass is 16.6. The molecule has 0 atom stereocenters. The topological polar surface area (TPSA) is 29.5 Å². The Hall–Kier alpha value is -0.990. The first-order valence-corrected chi connectivity index (χ1v) is 4.42. The molecule has 0 heterocycles. The minimum absolute atomic E-state index is 0.0762. The van der Waals surface area contributed by atoms with Crippen LogP contribution in [0.1, 0.15) is 34.6 Å². The summed E-state index contributed by atoms with van der Waals surface area (Å²) in [6, 6.07) is 0.0762. The monoisotopic (exact) mass is 185 g/mol. The van der Waals surface area contributed by atoms with Crippen molar-refractivity contribution in [2.75, 3.05) is 0 Å². The van der Waals surface area contributed by atoms with Crippen LogP contribution in [0.25, 0.3) is 0 Å². The molecule has 76 valence electrons. The molecule has 0 aliphatic carbocycles. The Balaban J connectivity index is 4.32. The number of carbonyl (C=O) groups excluding carboxylic acids is 1. The van der Waals surface area contributed by atoms with E-state index < -0.39 is 5.60 Å². The third-order valence-corrected chi connectivity index (χ3v) is 1.36. The van der Waals surface area contributed by atoms with Crippen LogP contribution in [-0.2, 0) is 4.74 Å². The molecule has 3 heteroatoms. The molecule has 0 aliphatic rings. The van der Waals surface area contributed by atoms with E-state index in [-0.39, 0.29) is 12.1 Å². The second kappa shape index (κ2) is 4.30. The molecular weight excluding hydrogens is 166 g/mol. The molecule has 0 saturated carbocycles. The maximum Gasteiger partial charge on any atom is 0.414 e. The van der Waals surface area contributed by atoms with Crippen LogP contribution < -0.4 is 0 Å². The normalized spacial score (nSPS) is 11.2. The van der Waals surface area contributed by atoms with Crippen LogP contribution in [0.4, 0.5) is 4.79 Å². The summed E-state index contributed by atoms with van der Waals surface area (Å²) in [4.78, 5) is 12.9. The van der Waals surface area contributed by atoms with E-state index >= 15 is 0 Å². The first kappa shape index (κ1) is 12.0. The quantitative estimate of drug-likeness (QED) is 0.662. The maximum absolute atomic E-state index is 11.5. The van der Waals surface area contributed by atoms with Crippen LogP contribution in [0.5, 0.6) is 0 Å². The zero-order valence-electron chi connectivity index (χ0n) is 9.13. The molecule has 0 aromatic rings. The van der Waals surface area contributed by atoms with Gasteiger partial charge < -0.3 is 4.74 Å². The molecule has 0 saturated heterocycles. The standard InChI is InChI=1S/C10H19NO2/c1-7-11(8(2)3)9(12)13-10(4,5)6/h7-8H,1H2,2-6H3. The van der Waals surface area contributed by atoms with E-state index in [1.54, 1.807) is 0 Å². The summed E-state index contributed by atoms with van der Waals surface area (Å²) >= 11 is 0. The van der Waals surface area contributed by atoms with E-state index in [0.29, 0.717) is 0 Å². The number of rotatable bonds is 2. The minimum atomic E-state index is -0.451. The smallest absolute Gasteiger partial charge is 0.414 e. The number of carbonyl (C=O) groups is 1. The van der Waals surface area contributed by atoms with Crippen LogP contribution >= 0.6 is 0 Å². The molecule has 0 unspecified atom stereocenters. The maximum atomic E-state index is 11.5. The van der Waals surface area contributed by atoms with E-state index in [1.807, 2.05) is 34.6 Å². The SMILES string of the molecule is C=CN(C(=O)OC(C)(C)C)C(C)C. The van der Waals surface area contributed by atoms with Crippen molar-refractivity contribution < 1.29 is 9.53 Å². The second-order valence-electron chi connectivity index (χ2n) is 4.16. The zero-order chi connectivity index (χ0) is 10.6. The highest BCUT2D eigenvalue weighted by Gasteiger charge is 2.21. The van der Waals surface area contributed by atoms with E-state index in [1.165, 1.54) is 11.1 Å². The lowest BCUT2D eigenvalue weighted by Gasteiger charge is -2.27. The van der Waals surface area contributed by atoms with Crippen LogP contribution in [0.3, 0.4) is 0 Å². The van der Waals surface area contributed by atoms with Crippen LogP contribution in [-0.4, -0.2) is 22.6 Å². The summed E-state index contributed by atoms with van der Waals surface area (Å²) in [5.41, 5.74) is -0.451. The van der Waals surface area contributed by atoms with Crippen molar-refractivity contribution in [3.63, 3.8) is 0 Å². The summed E-state index contributed by atoms with van der Waals surface area (Å²) in [6.07, 6.45) is 1.14. The molecule has 0 bridgehead atoms. The van der Waals surface area contributed by atoms with Crippen LogP contribution in [0.2, 0.25) is 0 Å². The fourth-order valence-electron chi connectivity index (χ4n) is 0.811. The van der Waals surface area contributed by atoms with E-state index in [0.717, 1.165) is 0 Å². The predicted octanol–water partition coefficient (Wildman–Crippen LogP) is 2.78. The van der Waals surface area contributed by atoms with Gasteiger partial charge >= 0.3 is 6.09 Å². The average molecular weight is 185 g/mol. The zero-order valence-corrected chi connectivity index (χ0v) is 9.13. The van der Waals surface area contributed by atoms with Gasteiger partial charge in [-0.05, 0) is 34.6 Å². The molecule has 13 heavy (non-hydrogen) atoms. The van der Waals surface area contributed by atoms with Crippen molar-refractivity contribution in [1.82, 2.24) is 4.90 Å². The van der Waals surface area contributed by atoms with Gasteiger partial charge in [0.2, 0.25) is 0 Å². The van der Waals surface area contributed by atoms with Gasteiger partial charge in [0, 0.05) is 12.2 Å². The first-order valence-electron chi connectivity index (χ1n) is 4.42. The Morgan fingerprint density at radius 1 is 1.46 bits per heavy atom. The van der Waals surface area contributed by atoms with Gasteiger partial charge in [0.1, 0.15) is 5.60 Å². The number of hydrogen-bond donors (Lipinski definition) is 0. The third-order valence-electron chi connectivity index (χ3n) is 1.36. The summed E-state index contributed by atoms with van der Waals surface area (Å²) < 4.78 is 5.17. The van der Waals surface area contributed by atoms with Gasteiger partial charge in [0.15, 0.2) is 0 Å². The van der Waals surface area contributed by atoms with Crippen molar-refractivity contribution in [3.05, 3.63) is 12.8 Å². The Bertz CT molecular complexity index is 192. The Morgan fingerprint density at radius 3 is 2.15 bits per heavy atom. The number of ether oxygens (including phenoxy) is 1. The Kier molecular flexibility index (Phi) is 3.98. The lowest BCUT2D eigenvalue weighted by Crippen LogP contribution is -2.37. The molecule has 0 fully saturated rings. The van der Waals surface area contributed by atoms with E-state index in [4.69, 9.17) is 4.74 Å². The summed E-state index contributed by atoms with van der Waals surface area (Å²) in [6.45, 7) is 12.9. The van der Waals surface area contributed by atoms with Crippen molar-refractivity contribution in [2.45, 2.75) is 46.3 Å². The summed E-state index contributed by atoms with van der Waals surface area (Å²) in [5, 5.41) is 0. The molecule has 0 rings (SSSR count). The molecule has 3 nitrogen and oxygen atoms in total. The van der Waals surface area contributed by atoms with Crippen LogP contribution in [0, 0.1) is 0 Å². The van der Waals surface area contributed by atoms with Crippen molar-refractivity contribution in [2.24, 2.45) is 0 Å². The fraction of sp³-hybridized carbons (Fsp3) is 0.700. The molecule has 0 aromatic carbocycles. The first-order chi connectivity index (χ1) is 5.78. The summed E-state index contributed by atoms with van der Waals surface area (Å²) in [5.74, 6) is 0. The number of nitrogens with zero attached hydrogens (tertiary/aromatic N) is 1. The lowest BCUT2D eigenvalue weighted by molar-refractivity contribution is 0.0292. The van der Waals surface area contributed by atoms with Crippen molar-refractivity contribution in [1.29, 1.82) is 0 Å². The van der Waals surface area contributed by atoms with Gasteiger partial charge in [-0.15, -0.1) is 0 Å². The molecule has 0 N–H and O–H groups in total. The van der Waals surface area contributed by atoms with Gasteiger partial charge in [0.05, 0.1) is 0 Å². The van der Waals surface area contributed by atoms with Crippen molar-refractivity contribution in [3.8, 4) is 0 Å². The lowest BCUT2D eigenvalue weighted by atomic mass is 10.2. The average Bonchev–Trinajstić information content (AvgIpc) is 1.82. The van der Waals surface area contributed by atoms with E-state index in [2.05, 4.69) is 6.58 Å². The van der Waals surface area contributed by atoms with Gasteiger partial charge in [-0.25, -0.2) is 4.79 Å². The highest BCUT2D eigenvalue weighted by molar-refractivity contribution is 5.69. The van der Waals surface area contributed by atoms with E-state index in [9.17, 15) is 4.79 Å².